The monoisotopic (exact) mass is 345 g/mol. The number of aromatic amines is 1. The van der Waals surface area contributed by atoms with Crippen molar-refractivity contribution >= 4 is 22.5 Å². The van der Waals surface area contributed by atoms with Crippen LogP contribution in [-0.2, 0) is 6.54 Å². The molecule has 2 N–H and O–H groups in total. The lowest BCUT2D eigenvalue weighted by molar-refractivity contribution is 0.0966. The normalized spacial score (nSPS) is 16.3. The minimum Gasteiger partial charge on any atom is -0.348 e. The third kappa shape index (κ3) is 2.30. The van der Waals surface area contributed by atoms with Gasteiger partial charge in [-0.05, 0) is 60.2 Å². The van der Waals surface area contributed by atoms with Crippen molar-refractivity contribution < 1.29 is 7.65 Å². The minimum absolute atomic E-state index is 0. The Morgan fingerprint density at radius 3 is 2.85 bits per heavy atom. The Balaban J connectivity index is 0.00000112. The highest BCUT2D eigenvalue weighted by atomic mass is 16.1. The second kappa shape index (κ2) is 5.70. The molecule has 5 rings (SSSR count). The highest BCUT2D eigenvalue weighted by Gasteiger charge is 2.20. The summed E-state index contributed by atoms with van der Waals surface area (Å²) < 4.78 is 0. The number of H-pyrrole nitrogens is 1. The molecule has 0 atom stereocenters. The molecule has 1 aromatic carbocycles. The SMILES string of the molecule is CC1=CCCC=C1c1cnc2[nH]cc(-c3ccc4c(c3)CNC4=O)c2c1.[HH].[HH]. The van der Waals surface area contributed by atoms with Gasteiger partial charge in [0.05, 0.1) is 0 Å². The number of nitrogens with zero attached hydrogens (tertiary/aromatic N) is 1. The third-order valence-corrected chi connectivity index (χ3v) is 5.33. The van der Waals surface area contributed by atoms with Crippen LogP contribution in [0.2, 0.25) is 0 Å². The molecule has 0 unspecified atom stereocenters. The molecule has 26 heavy (non-hydrogen) atoms. The molecule has 1 amide bonds. The number of carbonyl (C=O) groups excluding carboxylic acids is 1. The zero-order chi connectivity index (χ0) is 17.7. The summed E-state index contributed by atoms with van der Waals surface area (Å²) in [5.41, 5.74) is 8.70. The van der Waals surface area contributed by atoms with Crippen molar-refractivity contribution in [1.29, 1.82) is 0 Å². The van der Waals surface area contributed by atoms with E-state index in [9.17, 15) is 4.79 Å². The fraction of sp³-hybridized carbons (Fsp3) is 0.182. The van der Waals surface area contributed by atoms with Gasteiger partial charge in [0.15, 0.2) is 0 Å². The van der Waals surface area contributed by atoms with E-state index in [2.05, 4.69) is 46.5 Å². The summed E-state index contributed by atoms with van der Waals surface area (Å²) >= 11 is 0. The highest BCUT2D eigenvalue weighted by molar-refractivity contribution is 6.00. The second-order valence-corrected chi connectivity index (χ2v) is 6.96. The molecule has 0 fully saturated rings. The Labute approximate surface area is 154 Å². The average Bonchev–Trinajstić information content (AvgIpc) is 3.25. The number of carbonyl (C=O) groups is 1. The number of benzene rings is 1. The van der Waals surface area contributed by atoms with Crippen LogP contribution >= 0.6 is 0 Å². The molecule has 0 spiro atoms. The first-order chi connectivity index (χ1) is 12.7. The highest BCUT2D eigenvalue weighted by Crippen LogP contribution is 2.34. The molecule has 0 saturated carbocycles. The largest absolute Gasteiger partial charge is 0.348 e. The maximum Gasteiger partial charge on any atom is 0.251 e. The first-order valence-corrected chi connectivity index (χ1v) is 8.97. The number of nitrogens with one attached hydrogen (secondary N) is 2. The molecule has 3 aromatic rings. The quantitative estimate of drug-likeness (QED) is 0.680. The number of aromatic nitrogens is 2. The number of amides is 1. The van der Waals surface area contributed by atoms with E-state index >= 15 is 0 Å². The van der Waals surface area contributed by atoms with Gasteiger partial charge in [-0.25, -0.2) is 4.98 Å². The average molecular weight is 345 g/mol. The summed E-state index contributed by atoms with van der Waals surface area (Å²) in [7, 11) is 0. The molecular weight excluding hydrogens is 322 g/mol. The van der Waals surface area contributed by atoms with Gasteiger partial charge in [-0.2, -0.15) is 0 Å². The Morgan fingerprint density at radius 2 is 1.96 bits per heavy atom. The Kier molecular flexibility index (Phi) is 3.32. The minimum atomic E-state index is 0. The van der Waals surface area contributed by atoms with Crippen LogP contribution in [0.1, 0.15) is 44.1 Å². The van der Waals surface area contributed by atoms with Gasteiger partial charge in [0, 0.05) is 43.9 Å². The molecule has 1 aliphatic heterocycles. The van der Waals surface area contributed by atoms with Gasteiger partial charge >= 0.3 is 0 Å². The van der Waals surface area contributed by atoms with E-state index in [-0.39, 0.29) is 8.76 Å². The summed E-state index contributed by atoms with van der Waals surface area (Å²) in [6, 6.07) is 8.26. The zero-order valence-electron chi connectivity index (χ0n) is 14.6. The first-order valence-electron chi connectivity index (χ1n) is 8.97. The second-order valence-electron chi connectivity index (χ2n) is 6.96. The number of fused-ring (bicyclic) bond motifs is 2. The summed E-state index contributed by atoms with van der Waals surface area (Å²) in [6.07, 6.45) is 10.7. The van der Waals surface area contributed by atoms with Gasteiger partial charge in [-0.1, -0.05) is 18.2 Å². The number of pyridine rings is 1. The molecule has 0 bridgehead atoms. The van der Waals surface area contributed by atoms with Crippen molar-refractivity contribution in [2.24, 2.45) is 0 Å². The van der Waals surface area contributed by atoms with Crippen LogP contribution in [0.5, 0.6) is 0 Å². The Bertz CT molecular complexity index is 1130. The van der Waals surface area contributed by atoms with E-state index in [1.54, 1.807) is 0 Å². The van der Waals surface area contributed by atoms with E-state index in [0.29, 0.717) is 6.54 Å². The number of allylic oxidation sites excluding steroid dienone is 4. The standard InChI is InChI=1S/C22H19N3O.2H2/c1-13-4-2-3-5-17(13)16-9-19-20(12-24-21(19)23-10-16)14-6-7-18-15(8-14)11-25-22(18)26;;/h4-10,12H,2-3,11H2,1H3,(H,23,24)(H,25,26);2*1H. The lowest BCUT2D eigenvalue weighted by atomic mass is 9.93. The van der Waals surface area contributed by atoms with E-state index in [4.69, 9.17) is 0 Å². The molecule has 2 aliphatic rings. The Morgan fingerprint density at radius 1 is 1.08 bits per heavy atom. The number of rotatable bonds is 2. The number of hydrogen-bond donors (Lipinski definition) is 2. The predicted molar refractivity (Wildman–Crippen MR) is 108 cm³/mol. The third-order valence-electron chi connectivity index (χ3n) is 5.33. The van der Waals surface area contributed by atoms with Crippen LogP contribution in [-0.4, -0.2) is 15.9 Å². The van der Waals surface area contributed by atoms with E-state index in [0.717, 1.165) is 51.7 Å². The molecule has 3 heterocycles. The number of hydrogen-bond acceptors (Lipinski definition) is 2. The molecule has 4 nitrogen and oxygen atoms in total. The van der Waals surface area contributed by atoms with E-state index in [1.165, 1.54) is 11.1 Å². The molecule has 0 saturated heterocycles. The molecule has 4 heteroatoms. The van der Waals surface area contributed by atoms with Gasteiger partial charge in [-0.3, -0.25) is 4.79 Å². The fourth-order valence-electron chi connectivity index (χ4n) is 3.93. The van der Waals surface area contributed by atoms with Crippen molar-refractivity contribution in [1.82, 2.24) is 15.3 Å². The van der Waals surface area contributed by atoms with Crippen LogP contribution in [0, 0.1) is 0 Å². The first kappa shape index (κ1) is 15.1. The molecule has 0 radical (unpaired) electrons. The van der Waals surface area contributed by atoms with Gasteiger partial charge in [0.2, 0.25) is 0 Å². The molecule has 132 valence electrons. The van der Waals surface area contributed by atoms with Crippen LogP contribution in [0.4, 0.5) is 0 Å². The van der Waals surface area contributed by atoms with Crippen molar-refractivity contribution in [3.63, 3.8) is 0 Å². The van der Waals surface area contributed by atoms with Gasteiger partial charge < -0.3 is 10.3 Å². The molecule has 1 aliphatic carbocycles. The predicted octanol–water partition coefficient (Wildman–Crippen LogP) is 5.09. The van der Waals surface area contributed by atoms with Crippen molar-refractivity contribution in [3.05, 3.63) is 71.1 Å². The van der Waals surface area contributed by atoms with Crippen LogP contribution in [0.3, 0.4) is 0 Å². The van der Waals surface area contributed by atoms with Gasteiger partial charge in [0.1, 0.15) is 5.65 Å². The van der Waals surface area contributed by atoms with Crippen molar-refractivity contribution in [2.75, 3.05) is 0 Å². The summed E-state index contributed by atoms with van der Waals surface area (Å²) in [5.74, 6) is 0.0147. The van der Waals surface area contributed by atoms with Gasteiger partial charge in [0.25, 0.3) is 5.91 Å². The maximum absolute atomic E-state index is 11.8. The zero-order valence-corrected chi connectivity index (χ0v) is 14.6. The summed E-state index contributed by atoms with van der Waals surface area (Å²) in [5, 5.41) is 3.99. The van der Waals surface area contributed by atoms with Crippen LogP contribution in [0.25, 0.3) is 27.7 Å². The van der Waals surface area contributed by atoms with Crippen LogP contribution in [0.15, 0.2) is 54.4 Å². The Hall–Kier alpha value is -3.14. The molecular formula is C22H23N3O. The van der Waals surface area contributed by atoms with Crippen molar-refractivity contribution in [2.45, 2.75) is 26.3 Å². The fourth-order valence-corrected chi connectivity index (χ4v) is 3.93. The lowest BCUT2D eigenvalue weighted by Crippen LogP contribution is -2.12. The summed E-state index contributed by atoms with van der Waals surface area (Å²) in [6.45, 7) is 2.77. The maximum atomic E-state index is 11.8. The van der Waals surface area contributed by atoms with Gasteiger partial charge in [-0.15, -0.1) is 0 Å². The topological polar surface area (TPSA) is 57.8 Å². The molecule has 2 aromatic heterocycles. The van der Waals surface area contributed by atoms with Crippen molar-refractivity contribution in [3.8, 4) is 11.1 Å². The lowest BCUT2D eigenvalue weighted by Gasteiger charge is -2.13. The van der Waals surface area contributed by atoms with E-state index < -0.39 is 0 Å². The van der Waals surface area contributed by atoms with Crippen LogP contribution < -0.4 is 5.32 Å². The van der Waals surface area contributed by atoms with E-state index in [1.807, 2.05) is 24.5 Å². The smallest absolute Gasteiger partial charge is 0.251 e. The summed E-state index contributed by atoms with van der Waals surface area (Å²) in [4.78, 5) is 19.7.